The lowest BCUT2D eigenvalue weighted by atomic mass is 10.1. The smallest absolute Gasteiger partial charge is 0.337 e. The number of pyridine rings is 2. The highest BCUT2D eigenvalue weighted by atomic mass is 32.2. The molecule has 0 spiro atoms. The third-order valence-electron chi connectivity index (χ3n) is 7.68. The molecule has 16 heteroatoms. The van der Waals surface area contributed by atoms with Gasteiger partial charge in [-0.2, -0.15) is 0 Å². The number of carboxylic acids is 1. The first-order valence-corrected chi connectivity index (χ1v) is 16.4. The maximum absolute atomic E-state index is 15.2. The second-order valence-corrected chi connectivity index (χ2v) is 12.7. The van der Waals surface area contributed by atoms with Gasteiger partial charge in [-0.05, 0) is 24.3 Å². The van der Waals surface area contributed by atoms with Crippen molar-refractivity contribution in [3.05, 3.63) is 54.1 Å². The minimum absolute atomic E-state index is 0.0653. The first kappa shape index (κ1) is 31.2. The van der Waals surface area contributed by atoms with Gasteiger partial charge in [0.05, 0.1) is 37.8 Å². The fraction of sp³-hybridized carbons (Fsp3) is 0.367. The number of sulfonamides is 1. The highest BCUT2D eigenvalue weighted by Gasteiger charge is 2.26. The van der Waals surface area contributed by atoms with Crippen LogP contribution >= 0.6 is 0 Å². The monoisotopic (exact) mass is 653 g/mol. The molecule has 1 aromatic carbocycles. The number of rotatable bonds is 9. The van der Waals surface area contributed by atoms with E-state index < -0.39 is 21.8 Å². The average molecular weight is 654 g/mol. The van der Waals surface area contributed by atoms with E-state index in [-0.39, 0.29) is 29.0 Å². The molecule has 2 aliphatic rings. The van der Waals surface area contributed by atoms with Crippen LogP contribution in [0.5, 0.6) is 11.6 Å². The molecule has 3 aromatic heterocycles. The summed E-state index contributed by atoms with van der Waals surface area (Å²) >= 11 is 0. The molecule has 242 valence electrons. The van der Waals surface area contributed by atoms with Crippen LogP contribution in [0.1, 0.15) is 23.2 Å². The van der Waals surface area contributed by atoms with E-state index in [1.54, 1.807) is 6.07 Å². The lowest BCUT2D eigenvalue weighted by Crippen LogP contribution is -2.38. The number of fused-ring (bicyclic) bond motifs is 1. The van der Waals surface area contributed by atoms with E-state index in [1.807, 2.05) is 9.80 Å². The molecule has 6 rings (SSSR count). The summed E-state index contributed by atoms with van der Waals surface area (Å²) in [4.78, 5) is 33.4. The second-order valence-electron chi connectivity index (χ2n) is 10.9. The van der Waals surface area contributed by atoms with E-state index in [0.29, 0.717) is 86.2 Å². The highest BCUT2D eigenvalue weighted by Crippen LogP contribution is 2.37. The van der Waals surface area contributed by atoms with Crippen molar-refractivity contribution in [3.63, 3.8) is 0 Å². The SMILES string of the molecule is COc1ncc(-c2nc(N3CCOCC3)nc3c(OC4CCN(c5ccc(C(=O)O)cn5)CC4)cc(F)cc23)cc1NS(C)(=O)=O. The van der Waals surface area contributed by atoms with Crippen LogP contribution in [0.2, 0.25) is 0 Å². The van der Waals surface area contributed by atoms with E-state index in [0.717, 1.165) is 6.26 Å². The molecule has 2 saturated heterocycles. The number of carboxylic acid groups (broad SMARTS) is 1. The molecule has 0 atom stereocenters. The van der Waals surface area contributed by atoms with Gasteiger partial charge >= 0.3 is 5.97 Å². The van der Waals surface area contributed by atoms with Crippen molar-refractivity contribution in [2.24, 2.45) is 0 Å². The van der Waals surface area contributed by atoms with Crippen LogP contribution in [0, 0.1) is 5.82 Å². The number of piperidine rings is 1. The van der Waals surface area contributed by atoms with Crippen molar-refractivity contribution < 1.29 is 36.9 Å². The Morgan fingerprint density at radius 1 is 1.04 bits per heavy atom. The molecular weight excluding hydrogens is 621 g/mol. The minimum atomic E-state index is -3.67. The molecule has 0 saturated carbocycles. The zero-order valence-electron chi connectivity index (χ0n) is 25.1. The molecule has 0 amide bonds. The van der Waals surface area contributed by atoms with Crippen molar-refractivity contribution in [1.29, 1.82) is 0 Å². The molecule has 2 aliphatic heterocycles. The van der Waals surface area contributed by atoms with Gasteiger partial charge in [0.15, 0.2) is 0 Å². The third kappa shape index (κ3) is 6.87. The molecule has 5 heterocycles. The molecule has 46 heavy (non-hydrogen) atoms. The van der Waals surface area contributed by atoms with Crippen LogP contribution in [0.3, 0.4) is 0 Å². The zero-order valence-corrected chi connectivity index (χ0v) is 26.0. The Balaban J connectivity index is 1.35. The molecule has 0 unspecified atom stereocenters. The van der Waals surface area contributed by atoms with Crippen LogP contribution in [-0.2, 0) is 14.8 Å². The van der Waals surface area contributed by atoms with Gasteiger partial charge in [0.2, 0.25) is 21.9 Å². The van der Waals surface area contributed by atoms with E-state index in [2.05, 4.69) is 14.7 Å². The van der Waals surface area contributed by atoms with Gasteiger partial charge in [0.25, 0.3) is 0 Å². The van der Waals surface area contributed by atoms with Gasteiger partial charge in [0.1, 0.15) is 34.7 Å². The molecule has 0 bridgehead atoms. The molecular formula is C30H32FN7O7S. The van der Waals surface area contributed by atoms with E-state index >= 15 is 4.39 Å². The van der Waals surface area contributed by atoms with Gasteiger partial charge in [0, 0.05) is 68.4 Å². The number of anilines is 3. The molecule has 2 fully saturated rings. The quantitative estimate of drug-likeness (QED) is 0.270. The standard InChI is InChI=1S/C30H32FN7O7S/c1-43-28-23(36-46(2,41)42)13-19(17-33-28)26-22-14-20(31)15-24(27(22)35-30(34-26)38-9-11-44-12-10-38)45-21-5-7-37(8-6-21)25-4-3-18(16-32-25)29(39)40/h3-4,13-17,21,36H,5-12H2,1-2H3,(H,39,40). The van der Waals surface area contributed by atoms with Crippen LogP contribution in [0.15, 0.2) is 42.7 Å². The van der Waals surface area contributed by atoms with Crippen molar-refractivity contribution in [2.75, 3.05) is 67.3 Å². The molecule has 2 N–H and O–H groups in total. The first-order chi connectivity index (χ1) is 22.1. The van der Waals surface area contributed by atoms with Crippen LogP contribution in [-0.4, -0.2) is 98.3 Å². The van der Waals surface area contributed by atoms with E-state index in [4.69, 9.17) is 29.3 Å². The number of nitrogens with one attached hydrogen (secondary N) is 1. The van der Waals surface area contributed by atoms with E-state index in [1.165, 1.54) is 43.8 Å². The molecule has 0 radical (unpaired) electrons. The normalized spacial score (nSPS) is 16.0. The number of benzene rings is 1. The topological polar surface area (TPSA) is 169 Å². The van der Waals surface area contributed by atoms with Gasteiger partial charge in [-0.15, -0.1) is 0 Å². The summed E-state index contributed by atoms with van der Waals surface area (Å²) in [6.45, 7) is 3.27. The predicted octanol–water partition coefficient (Wildman–Crippen LogP) is 3.19. The van der Waals surface area contributed by atoms with E-state index in [9.17, 15) is 13.2 Å². The number of carbonyl (C=O) groups is 1. The lowest BCUT2D eigenvalue weighted by molar-refractivity contribution is 0.0696. The van der Waals surface area contributed by atoms with Gasteiger partial charge in [-0.25, -0.2) is 37.5 Å². The van der Waals surface area contributed by atoms with Crippen LogP contribution < -0.4 is 24.0 Å². The number of aromatic carboxylic acids is 1. The largest absolute Gasteiger partial charge is 0.488 e. The summed E-state index contributed by atoms with van der Waals surface area (Å²) in [5, 5.41) is 9.52. The van der Waals surface area contributed by atoms with Crippen molar-refractivity contribution >= 4 is 44.3 Å². The van der Waals surface area contributed by atoms with Crippen LogP contribution in [0.25, 0.3) is 22.2 Å². The summed E-state index contributed by atoms with van der Waals surface area (Å²) in [5.74, 6) is -0.206. The summed E-state index contributed by atoms with van der Waals surface area (Å²) in [6, 6.07) is 7.37. The Hall–Kier alpha value is -4.83. The summed E-state index contributed by atoms with van der Waals surface area (Å²) in [5.41, 5.74) is 1.38. The first-order valence-electron chi connectivity index (χ1n) is 14.5. The summed E-state index contributed by atoms with van der Waals surface area (Å²) in [6.07, 6.45) is 4.80. The van der Waals surface area contributed by atoms with Gasteiger partial charge in [-0.3, -0.25) is 4.72 Å². The summed E-state index contributed by atoms with van der Waals surface area (Å²) < 4.78 is 59.0. The Morgan fingerprint density at radius 3 is 2.46 bits per heavy atom. The predicted molar refractivity (Wildman–Crippen MR) is 168 cm³/mol. The van der Waals surface area contributed by atoms with Crippen LogP contribution in [0.4, 0.5) is 21.8 Å². The Bertz CT molecular complexity index is 1860. The Labute approximate surface area is 264 Å². The fourth-order valence-corrected chi connectivity index (χ4v) is 6.01. The number of hydrogen-bond donors (Lipinski definition) is 2. The molecule has 0 aliphatic carbocycles. The maximum atomic E-state index is 15.2. The fourth-order valence-electron chi connectivity index (χ4n) is 5.47. The number of hydrogen-bond acceptors (Lipinski definition) is 12. The Morgan fingerprint density at radius 2 is 1.80 bits per heavy atom. The number of morpholine rings is 1. The molecule has 4 aromatic rings. The van der Waals surface area contributed by atoms with Crippen molar-refractivity contribution in [3.8, 4) is 22.9 Å². The number of halogens is 1. The highest BCUT2D eigenvalue weighted by molar-refractivity contribution is 7.92. The number of aromatic nitrogens is 4. The minimum Gasteiger partial charge on any atom is -0.488 e. The Kier molecular flexibility index (Phi) is 8.73. The lowest BCUT2D eigenvalue weighted by Gasteiger charge is -2.33. The van der Waals surface area contributed by atoms with Crippen molar-refractivity contribution in [1.82, 2.24) is 19.9 Å². The molecule has 14 nitrogen and oxygen atoms in total. The zero-order chi connectivity index (χ0) is 32.4. The number of methoxy groups -OCH3 is 1. The van der Waals surface area contributed by atoms with Gasteiger partial charge in [-0.1, -0.05) is 0 Å². The average Bonchev–Trinajstić information content (AvgIpc) is 3.04. The third-order valence-corrected chi connectivity index (χ3v) is 8.27. The summed E-state index contributed by atoms with van der Waals surface area (Å²) in [7, 11) is -2.29. The number of ether oxygens (including phenoxy) is 3. The van der Waals surface area contributed by atoms with Crippen molar-refractivity contribution in [2.45, 2.75) is 18.9 Å². The maximum Gasteiger partial charge on any atom is 0.337 e. The van der Waals surface area contributed by atoms with Gasteiger partial charge < -0.3 is 29.1 Å². The second kappa shape index (κ2) is 12.9. The number of nitrogens with zero attached hydrogens (tertiary/aromatic N) is 6.